The third-order valence-corrected chi connectivity index (χ3v) is 4.40. The Balaban J connectivity index is 1.96. The minimum atomic E-state index is -0.588. The normalized spacial score (nSPS) is 20.9. The summed E-state index contributed by atoms with van der Waals surface area (Å²) in [5, 5.41) is 4.47. The summed E-state index contributed by atoms with van der Waals surface area (Å²) in [7, 11) is 1.60. The lowest BCUT2D eigenvalue weighted by Gasteiger charge is -2.34. The van der Waals surface area contributed by atoms with E-state index in [1.54, 1.807) is 11.9 Å². The van der Waals surface area contributed by atoms with Gasteiger partial charge in [0, 0.05) is 25.1 Å². The first-order valence-corrected chi connectivity index (χ1v) is 8.42. The smallest absolute Gasteiger partial charge is 0.410 e. The van der Waals surface area contributed by atoms with Crippen LogP contribution in [0.15, 0.2) is 0 Å². The number of amides is 2. The first kappa shape index (κ1) is 17.4. The van der Waals surface area contributed by atoms with Crippen LogP contribution in [0.3, 0.4) is 0 Å². The van der Waals surface area contributed by atoms with Gasteiger partial charge in [0.2, 0.25) is 0 Å². The van der Waals surface area contributed by atoms with Crippen LogP contribution in [0.4, 0.5) is 4.79 Å². The molecule has 1 aromatic heterocycles. The molecule has 3 rings (SSSR count). The number of aromatic nitrogens is 2. The van der Waals surface area contributed by atoms with Gasteiger partial charge in [0.1, 0.15) is 17.8 Å². The van der Waals surface area contributed by atoms with Crippen molar-refractivity contribution < 1.29 is 19.1 Å². The van der Waals surface area contributed by atoms with Crippen molar-refractivity contribution >= 4 is 17.8 Å². The summed E-state index contributed by atoms with van der Waals surface area (Å²) in [5.41, 5.74) is 1.31. The van der Waals surface area contributed by atoms with Crippen molar-refractivity contribution in [2.24, 2.45) is 0 Å². The van der Waals surface area contributed by atoms with Crippen LogP contribution in [-0.4, -0.2) is 62.6 Å². The molecular weight excluding hydrogens is 324 g/mol. The van der Waals surface area contributed by atoms with Gasteiger partial charge in [0.05, 0.1) is 18.8 Å². The average molecular weight is 348 g/mol. The van der Waals surface area contributed by atoms with E-state index in [-0.39, 0.29) is 37.4 Å². The number of fused-ring (bicyclic) bond motifs is 3. The number of Topliss-reactive ketones (excluding diaryl/α,β-unsaturated/α-hetero) is 1. The van der Waals surface area contributed by atoms with E-state index in [0.29, 0.717) is 12.1 Å². The molecule has 1 unspecified atom stereocenters. The van der Waals surface area contributed by atoms with Gasteiger partial charge in [-0.15, -0.1) is 0 Å². The van der Waals surface area contributed by atoms with Crippen molar-refractivity contribution in [3.8, 4) is 0 Å². The molecule has 8 nitrogen and oxygen atoms in total. The van der Waals surface area contributed by atoms with E-state index in [2.05, 4.69) is 5.10 Å². The molecule has 0 aromatic carbocycles. The zero-order valence-electron chi connectivity index (χ0n) is 15.3. The Labute approximate surface area is 146 Å². The monoisotopic (exact) mass is 348 g/mol. The maximum absolute atomic E-state index is 12.7. The van der Waals surface area contributed by atoms with Gasteiger partial charge in [-0.25, -0.2) is 4.79 Å². The molecule has 0 saturated heterocycles. The van der Waals surface area contributed by atoms with Gasteiger partial charge in [0.15, 0.2) is 5.78 Å². The second kappa shape index (κ2) is 5.86. The predicted molar refractivity (Wildman–Crippen MR) is 89.1 cm³/mol. The number of likely N-dealkylation sites (N-methyl/N-ethyl adjacent to an activating group) is 1. The van der Waals surface area contributed by atoms with Gasteiger partial charge in [-0.3, -0.25) is 14.3 Å². The van der Waals surface area contributed by atoms with Gasteiger partial charge < -0.3 is 14.5 Å². The van der Waals surface area contributed by atoms with Crippen molar-refractivity contribution in [3.05, 3.63) is 17.0 Å². The average Bonchev–Trinajstić information content (AvgIpc) is 2.74. The topological polar surface area (TPSA) is 84.7 Å². The van der Waals surface area contributed by atoms with E-state index < -0.39 is 11.7 Å². The van der Waals surface area contributed by atoms with Gasteiger partial charge in [-0.05, 0) is 27.7 Å². The highest BCUT2D eigenvalue weighted by Crippen LogP contribution is 2.28. The molecule has 0 saturated carbocycles. The van der Waals surface area contributed by atoms with E-state index in [4.69, 9.17) is 4.74 Å². The highest BCUT2D eigenvalue weighted by molar-refractivity contribution is 5.98. The Morgan fingerprint density at radius 3 is 2.52 bits per heavy atom. The van der Waals surface area contributed by atoms with Gasteiger partial charge in [-0.1, -0.05) is 0 Å². The Morgan fingerprint density at radius 1 is 1.20 bits per heavy atom. The van der Waals surface area contributed by atoms with E-state index in [1.165, 1.54) is 9.58 Å². The summed E-state index contributed by atoms with van der Waals surface area (Å²) < 4.78 is 6.97. The van der Waals surface area contributed by atoms with E-state index in [9.17, 15) is 14.4 Å². The molecule has 0 bridgehead atoms. The molecule has 1 atom stereocenters. The summed E-state index contributed by atoms with van der Waals surface area (Å²) in [6.45, 7) is 7.80. The van der Waals surface area contributed by atoms with E-state index in [1.807, 2.05) is 27.7 Å². The molecule has 2 aliphatic heterocycles. The summed E-state index contributed by atoms with van der Waals surface area (Å²) in [4.78, 5) is 40.2. The minimum absolute atomic E-state index is 0.0634. The van der Waals surface area contributed by atoms with Crippen molar-refractivity contribution in [2.75, 3.05) is 13.6 Å². The Morgan fingerprint density at radius 2 is 1.88 bits per heavy atom. The standard InChI is InChI=1S/C17H24N4O4/c1-10-6-13-12(9-20(10)16(24)25-17(2,3)4)14-15(23)19(5)7-11(22)8-21(14)18-13/h10H,6-9H2,1-5H3. The second-order valence-electron chi connectivity index (χ2n) is 7.79. The van der Waals surface area contributed by atoms with Gasteiger partial charge in [-0.2, -0.15) is 5.10 Å². The summed E-state index contributed by atoms with van der Waals surface area (Å²) in [6.07, 6.45) is 0.121. The lowest BCUT2D eigenvalue weighted by molar-refractivity contribution is -0.119. The first-order valence-electron chi connectivity index (χ1n) is 8.42. The molecule has 0 aliphatic carbocycles. The number of nitrogens with zero attached hydrogens (tertiary/aromatic N) is 4. The maximum Gasteiger partial charge on any atom is 0.410 e. The first-order chi connectivity index (χ1) is 11.6. The van der Waals surface area contributed by atoms with Crippen molar-refractivity contribution in [1.29, 1.82) is 0 Å². The van der Waals surface area contributed by atoms with Crippen LogP contribution in [0, 0.1) is 0 Å². The van der Waals surface area contributed by atoms with Crippen molar-refractivity contribution in [2.45, 2.75) is 58.8 Å². The predicted octanol–water partition coefficient (Wildman–Crippen LogP) is 1.22. The quantitative estimate of drug-likeness (QED) is 0.704. The number of hydrogen-bond acceptors (Lipinski definition) is 5. The van der Waals surface area contributed by atoms with Gasteiger partial charge >= 0.3 is 6.09 Å². The summed E-state index contributed by atoms with van der Waals surface area (Å²) in [6, 6.07) is -0.0926. The second-order valence-corrected chi connectivity index (χ2v) is 7.79. The lowest BCUT2D eigenvalue weighted by atomic mass is 9.99. The van der Waals surface area contributed by atoms with Crippen LogP contribution in [0.1, 0.15) is 49.4 Å². The number of carbonyl (C=O) groups excluding carboxylic acids is 3. The van der Waals surface area contributed by atoms with Crippen molar-refractivity contribution in [1.82, 2.24) is 19.6 Å². The number of carbonyl (C=O) groups is 3. The minimum Gasteiger partial charge on any atom is -0.444 e. The van der Waals surface area contributed by atoms with Gasteiger partial charge in [0.25, 0.3) is 5.91 Å². The van der Waals surface area contributed by atoms with Crippen LogP contribution in [-0.2, 0) is 29.0 Å². The zero-order chi connectivity index (χ0) is 18.5. The molecule has 3 heterocycles. The fraction of sp³-hybridized carbons (Fsp3) is 0.647. The Kier molecular flexibility index (Phi) is 4.09. The van der Waals surface area contributed by atoms with Crippen LogP contribution in [0.2, 0.25) is 0 Å². The molecule has 0 spiro atoms. The molecule has 25 heavy (non-hydrogen) atoms. The molecule has 1 aromatic rings. The van der Waals surface area contributed by atoms with Crippen LogP contribution in [0.25, 0.3) is 0 Å². The largest absolute Gasteiger partial charge is 0.444 e. The molecule has 0 fully saturated rings. The summed E-state index contributed by atoms with van der Waals surface area (Å²) in [5.74, 6) is -0.301. The van der Waals surface area contributed by atoms with Crippen LogP contribution >= 0.6 is 0 Å². The molecule has 136 valence electrons. The molecular formula is C17H24N4O4. The number of hydrogen-bond donors (Lipinski definition) is 0. The van der Waals surface area contributed by atoms with E-state index in [0.717, 1.165) is 11.3 Å². The fourth-order valence-electron chi connectivity index (χ4n) is 3.25. The van der Waals surface area contributed by atoms with E-state index >= 15 is 0 Å². The molecule has 8 heteroatoms. The Bertz CT molecular complexity index is 747. The van der Waals surface area contributed by atoms with Crippen LogP contribution < -0.4 is 0 Å². The van der Waals surface area contributed by atoms with Crippen LogP contribution in [0.5, 0.6) is 0 Å². The number of ketones is 1. The Hall–Kier alpha value is -2.38. The highest BCUT2D eigenvalue weighted by Gasteiger charge is 2.37. The fourth-order valence-corrected chi connectivity index (χ4v) is 3.25. The van der Waals surface area contributed by atoms with Crippen molar-refractivity contribution in [3.63, 3.8) is 0 Å². The summed E-state index contributed by atoms with van der Waals surface area (Å²) >= 11 is 0. The molecule has 0 radical (unpaired) electrons. The lowest BCUT2D eigenvalue weighted by Crippen LogP contribution is -2.45. The number of ether oxygens (including phenoxy) is 1. The molecule has 2 amide bonds. The highest BCUT2D eigenvalue weighted by atomic mass is 16.6. The molecule has 2 aliphatic rings. The maximum atomic E-state index is 12.7. The number of rotatable bonds is 0. The third kappa shape index (κ3) is 3.25. The molecule has 0 N–H and O–H groups in total. The zero-order valence-corrected chi connectivity index (χ0v) is 15.3. The SMILES string of the molecule is CC1Cc2nn3c(c2CN1C(=O)OC(C)(C)C)C(=O)N(C)CC(=O)C3. The third-order valence-electron chi connectivity index (χ3n) is 4.40.